The largest absolute Gasteiger partial charge is 0.393 e. The number of aliphatic hydroxyl groups is 1. The Kier molecular flexibility index (Phi) is 3.42. The van der Waals surface area contributed by atoms with Crippen molar-refractivity contribution in [2.45, 2.75) is 44.1 Å². The lowest BCUT2D eigenvalue weighted by Crippen LogP contribution is -2.30. The second-order valence-corrected chi connectivity index (χ2v) is 3.79. The van der Waals surface area contributed by atoms with E-state index in [2.05, 4.69) is 6.58 Å². The molecule has 0 radical (unpaired) electrons. The van der Waals surface area contributed by atoms with Gasteiger partial charge in [-0.1, -0.05) is 6.08 Å². The summed E-state index contributed by atoms with van der Waals surface area (Å²) < 4.78 is 25.5. The maximum Gasteiger partial charge on any atom is 0.248 e. The number of hydrogen-bond acceptors (Lipinski definition) is 1. The minimum Gasteiger partial charge on any atom is -0.393 e. The number of aliphatic hydroxyl groups excluding tert-OH is 1. The fourth-order valence-electron chi connectivity index (χ4n) is 1.81. The minimum absolute atomic E-state index is 0.0395. The van der Waals surface area contributed by atoms with Gasteiger partial charge in [0.2, 0.25) is 5.92 Å². The monoisotopic (exact) mass is 190 g/mol. The number of alkyl halides is 2. The predicted molar refractivity (Wildman–Crippen MR) is 47.7 cm³/mol. The van der Waals surface area contributed by atoms with E-state index in [4.69, 9.17) is 0 Å². The van der Waals surface area contributed by atoms with Crippen LogP contribution in [-0.2, 0) is 0 Å². The quantitative estimate of drug-likeness (QED) is 0.678. The number of hydrogen-bond donors (Lipinski definition) is 1. The lowest BCUT2D eigenvalue weighted by molar-refractivity contribution is -0.0616. The van der Waals surface area contributed by atoms with Gasteiger partial charge in [0.1, 0.15) is 0 Å². The fraction of sp³-hybridized carbons (Fsp3) is 0.800. The maximum absolute atomic E-state index is 12.7. The summed E-state index contributed by atoms with van der Waals surface area (Å²) in [5.41, 5.74) is 0. The molecule has 1 aliphatic carbocycles. The van der Waals surface area contributed by atoms with Crippen LogP contribution in [0.5, 0.6) is 0 Å². The molecule has 1 rings (SSSR count). The zero-order valence-corrected chi connectivity index (χ0v) is 7.68. The van der Waals surface area contributed by atoms with E-state index in [1.54, 1.807) is 6.08 Å². The van der Waals surface area contributed by atoms with E-state index in [1.165, 1.54) is 0 Å². The molecule has 3 heteroatoms. The molecule has 0 bridgehead atoms. The highest BCUT2D eigenvalue weighted by Crippen LogP contribution is 2.37. The van der Waals surface area contributed by atoms with Crippen molar-refractivity contribution in [1.82, 2.24) is 0 Å². The van der Waals surface area contributed by atoms with Gasteiger partial charge in [-0.25, -0.2) is 8.78 Å². The Labute approximate surface area is 77.5 Å². The standard InChI is InChI=1S/C10H16F2O/c1-2-3-9(13)8-4-6-10(11,12)7-5-8/h2,8-9,13H,1,3-7H2. The minimum atomic E-state index is -2.50. The highest BCUT2D eigenvalue weighted by Gasteiger charge is 2.36. The first-order valence-electron chi connectivity index (χ1n) is 4.72. The second-order valence-electron chi connectivity index (χ2n) is 3.79. The predicted octanol–water partition coefficient (Wildman–Crippen LogP) is 2.75. The van der Waals surface area contributed by atoms with Crippen molar-refractivity contribution >= 4 is 0 Å². The molecule has 0 aromatic rings. The van der Waals surface area contributed by atoms with E-state index in [0.717, 1.165) is 0 Å². The van der Waals surface area contributed by atoms with Gasteiger partial charge >= 0.3 is 0 Å². The lowest BCUT2D eigenvalue weighted by atomic mass is 9.82. The fourth-order valence-corrected chi connectivity index (χ4v) is 1.81. The second kappa shape index (κ2) is 4.18. The molecule has 0 spiro atoms. The first-order chi connectivity index (χ1) is 6.05. The number of halogens is 2. The Bertz CT molecular complexity index is 170. The molecule has 76 valence electrons. The summed E-state index contributed by atoms with van der Waals surface area (Å²) in [4.78, 5) is 0. The Morgan fingerprint density at radius 1 is 1.46 bits per heavy atom. The average molecular weight is 190 g/mol. The van der Waals surface area contributed by atoms with Gasteiger partial charge in [-0.15, -0.1) is 6.58 Å². The summed E-state index contributed by atoms with van der Waals surface area (Å²) in [6.07, 6.45) is 2.38. The SMILES string of the molecule is C=CCC(O)C1CCC(F)(F)CC1. The van der Waals surface area contributed by atoms with Crippen molar-refractivity contribution in [2.24, 2.45) is 5.92 Å². The lowest BCUT2D eigenvalue weighted by Gasteiger charge is -2.30. The zero-order valence-electron chi connectivity index (χ0n) is 7.68. The molecule has 0 aromatic carbocycles. The Morgan fingerprint density at radius 2 is 2.00 bits per heavy atom. The van der Waals surface area contributed by atoms with Crippen LogP contribution in [0.15, 0.2) is 12.7 Å². The molecular formula is C10H16F2O. The molecule has 1 N–H and O–H groups in total. The first-order valence-corrected chi connectivity index (χ1v) is 4.72. The smallest absolute Gasteiger partial charge is 0.248 e. The van der Waals surface area contributed by atoms with Crippen molar-refractivity contribution < 1.29 is 13.9 Å². The van der Waals surface area contributed by atoms with Crippen LogP contribution >= 0.6 is 0 Å². The van der Waals surface area contributed by atoms with Crippen LogP contribution in [-0.4, -0.2) is 17.1 Å². The highest BCUT2D eigenvalue weighted by atomic mass is 19.3. The van der Waals surface area contributed by atoms with Gasteiger partial charge in [-0.3, -0.25) is 0 Å². The first kappa shape index (κ1) is 10.6. The van der Waals surface area contributed by atoms with E-state index < -0.39 is 12.0 Å². The molecule has 0 amide bonds. The summed E-state index contributed by atoms with van der Waals surface area (Å²) in [6.45, 7) is 3.52. The summed E-state index contributed by atoms with van der Waals surface area (Å²) in [6, 6.07) is 0. The maximum atomic E-state index is 12.7. The number of rotatable bonds is 3. The Morgan fingerprint density at radius 3 is 2.46 bits per heavy atom. The van der Waals surface area contributed by atoms with Gasteiger partial charge in [0, 0.05) is 12.8 Å². The molecule has 1 unspecified atom stereocenters. The van der Waals surface area contributed by atoms with Crippen molar-refractivity contribution in [3.8, 4) is 0 Å². The summed E-state index contributed by atoms with van der Waals surface area (Å²) in [5, 5.41) is 9.53. The van der Waals surface area contributed by atoms with Gasteiger partial charge < -0.3 is 5.11 Å². The van der Waals surface area contributed by atoms with Crippen LogP contribution in [0.2, 0.25) is 0 Å². The van der Waals surface area contributed by atoms with Crippen LogP contribution in [0, 0.1) is 5.92 Å². The molecule has 1 atom stereocenters. The molecule has 0 aromatic heterocycles. The van der Waals surface area contributed by atoms with Crippen molar-refractivity contribution in [3.63, 3.8) is 0 Å². The molecule has 0 saturated heterocycles. The van der Waals surface area contributed by atoms with E-state index in [9.17, 15) is 13.9 Å². The third-order valence-corrected chi connectivity index (χ3v) is 2.71. The molecular weight excluding hydrogens is 174 g/mol. The van der Waals surface area contributed by atoms with Gasteiger partial charge in [0.05, 0.1) is 6.10 Å². The third kappa shape index (κ3) is 3.07. The van der Waals surface area contributed by atoms with Crippen molar-refractivity contribution in [3.05, 3.63) is 12.7 Å². The van der Waals surface area contributed by atoms with Crippen LogP contribution in [0.25, 0.3) is 0 Å². The van der Waals surface area contributed by atoms with Crippen LogP contribution in [0.1, 0.15) is 32.1 Å². The van der Waals surface area contributed by atoms with E-state index >= 15 is 0 Å². The molecule has 0 aliphatic heterocycles. The van der Waals surface area contributed by atoms with Crippen LogP contribution in [0.3, 0.4) is 0 Å². The molecule has 1 saturated carbocycles. The van der Waals surface area contributed by atoms with Gasteiger partial charge in [0.15, 0.2) is 0 Å². The summed E-state index contributed by atoms with van der Waals surface area (Å²) >= 11 is 0. The third-order valence-electron chi connectivity index (χ3n) is 2.71. The Balaban J connectivity index is 2.36. The van der Waals surface area contributed by atoms with E-state index in [-0.39, 0.29) is 18.8 Å². The van der Waals surface area contributed by atoms with Crippen molar-refractivity contribution in [2.75, 3.05) is 0 Å². The highest BCUT2D eigenvalue weighted by molar-refractivity contribution is 4.84. The molecule has 13 heavy (non-hydrogen) atoms. The average Bonchev–Trinajstić information content (AvgIpc) is 2.04. The normalized spacial score (nSPS) is 25.5. The summed E-state index contributed by atoms with van der Waals surface area (Å²) in [7, 11) is 0. The van der Waals surface area contributed by atoms with Gasteiger partial charge in [-0.2, -0.15) is 0 Å². The molecule has 1 fully saturated rings. The van der Waals surface area contributed by atoms with Gasteiger partial charge in [0.25, 0.3) is 0 Å². The van der Waals surface area contributed by atoms with Crippen molar-refractivity contribution in [1.29, 1.82) is 0 Å². The Hall–Kier alpha value is -0.440. The summed E-state index contributed by atoms with van der Waals surface area (Å²) in [5.74, 6) is -2.46. The van der Waals surface area contributed by atoms with Gasteiger partial charge in [-0.05, 0) is 25.2 Å². The molecule has 0 heterocycles. The van der Waals surface area contributed by atoms with Crippen LogP contribution < -0.4 is 0 Å². The molecule has 1 aliphatic rings. The van der Waals surface area contributed by atoms with E-state index in [0.29, 0.717) is 19.3 Å². The topological polar surface area (TPSA) is 20.2 Å². The van der Waals surface area contributed by atoms with Crippen LogP contribution in [0.4, 0.5) is 8.78 Å². The van der Waals surface area contributed by atoms with E-state index in [1.807, 2.05) is 0 Å². The molecule has 1 nitrogen and oxygen atoms in total. The zero-order chi connectivity index (χ0) is 9.90.